The van der Waals surface area contributed by atoms with Crippen LogP contribution in [0.2, 0.25) is 0 Å². The Hall–Kier alpha value is -1.18. The average molecular weight is 359 g/mol. The number of nitrogens with one attached hydrogen (secondary N) is 1. The second kappa shape index (κ2) is 7.01. The van der Waals surface area contributed by atoms with Gasteiger partial charge in [0.15, 0.2) is 0 Å². The first-order chi connectivity index (χ1) is 9.61. The van der Waals surface area contributed by atoms with E-state index < -0.39 is 0 Å². The molecule has 0 saturated carbocycles. The summed E-state index contributed by atoms with van der Waals surface area (Å²) in [5.74, 6) is 0.577. The van der Waals surface area contributed by atoms with Gasteiger partial charge in [-0.15, -0.1) is 11.8 Å². The van der Waals surface area contributed by atoms with Crippen molar-refractivity contribution in [2.24, 2.45) is 0 Å². The van der Waals surface area contributed by atoms with Gasteiger partial charge >= 0.3 is 0 Å². The number of aromatic amines is 1. The Labute approximate surface area is 127 Å². The molecule has 0 unspecified atom stereocenters. The molecule has 0 radical (unpaired) electrons. The quantitative estimate of drug-likeness (QED) is 0.834. The summed E-state index contributed by atoms with van der Waals surface area (Å²) in [6.45, 7) is 0.238. The maximum atomic E-state index is 13.5. The van der Waals surface area contributed by atoms with Gasteiger partial charge in [0.05, 0.1) is 18.1 Å². The summed E-state index contributed by atoms with van der Waals surface area (Å²) >= 11 is 4.45. The third kappa shape index (κ3) is 3.68. The summed E-state index contributed by atoms with van der Waals surface area (Å²) in [5.41, 5.74) is 0.261. The van der Waals surface area contributed by atoms with E-state index in [1.54, 1.807) is 18.2 Å². The summed E-state index contributed by atoms with van der Waals surface area (Å²) in [7, 11) is 1.53. The lowest BCUT2D eigenvalue weighted by atomic mass is 10.3. The zero-order valence-electron chi connectivity index (χ0n) is 10.7. The molecule has 2 aromatic rings. The third-order valence-electron chi connectivity index (χ3n) is 2.46. The smallest absolute Gasteiger partial charge is 0.265 e. The highest BCUT2D eigenvalue weighted by Gasteiger charge is 2.10. The molecule has 20 heavy (non-hydrogen) atoms. The Balaban J connectivity index is 2.18. The van der Waals surface area contributed by atoms with Crippen LogP contribution in [0.15, 0.2) is 38.4 Å². The van der Waals surface area contributed by atoms with Crippen molar-refractivity contribution in [2.75, 3.05) is 7.11 Å². The van der Waals surface area contributed by atoms with Crippen molar-refractivity contribution in [1.29, 1.82) is 0 Å². The van der Waals surface area contributed by atoms with E-state index in [9.17, 15) is 9.18 Å². The highest BCUT2D eigenvalue weighted by molar-refractivity contribution is 9.10. The molecule has 4 nitrogen and oxygen atoms in total. The Bertz CT molecular complexity index is 663. The molecule has 1 aromatic heterocycles. The predicted octanol–water partition coefficient (Wildman–Crippen LogP) is 3.11. The van der Waals surface area contributed by atoms with Crippen LogP contribution in [0.5, 0.6) is 0 Å². The molecule has 0 bridgehead atoms. The first-order valence-electron chi connectivity index (χ1n) is 5.75. The lowest BCUT2D eigenvalue weighted by molar-refractivity contribution is 0.180. The molecule has 0 fully saturated rings. The van der Waals surface area contributed by atoms with Crippen LogP contribution in [0.3, 0.4) is 0 Å². The average Bonchev–Trinajstić information content (AvgIpc) is 2.43. The number of ether oxygens (including phenoxy) is 1. The van der Waals surface area contributed by atoms with Crippen LogP contribution >= 0.6 is 27.7 Å². The Morgan fingerprint density at radius 2 is 2.20 bits per heavy atom. The minimum atomic E-state index is -0.283. The van der Waals surface area contributed by atoms with E-state index in [-0.39, 0.29) is 18.0 Å². The normalized spacial score (nSPS) is 10.8. The number of thioether (sulfide) groups is 1. The number of rotatable bonds is 5. The highest BCUT2D eigenvalue weighted by atomic mass is 79.9. The topological polar surface area (TPSA) is 55.0 Å². The fourth-order valence-corrected chi connectivity index (χ4v) is 2.68. The van der Waals surface area contributed by atoms with Crippen LogP contribution in [0.4, 0.5) is 4.39 Å². The summed E-state index contributed by atoms with van der Waals surface area (Å²) in [5, 5.41) is 0. The van der Waals surface area contributed by atoms with Gasteiger partial charge in [-0.2, -0.15) is 0 Å². The Kier molecular flexibility index (Phi) is 5.33. The first-order valence-corrected chi connectivity index (χ1v) is 7.53. The molecule has 7 heteroatoms. The van der Waals surface area contributed by atoms with Crippen LogP contribution < -0.4 is 5.56 Å². The second-order valence-corrected chi connectivity index (χ2v) is 5.74. The van der Waals surface area contributed by atoms with Crippen molar-refractivity contribution in [3.05, 3.63) is 56.4 Å². The molecule has 1 aromatic carbocycles. The van der Waals surface area contributed by atoms with Gasteiger partial charge in [0, 0.05) is 12.0 Å². The van der Waals surface area contributed by atoms with Gasteiger partial charge in [0.2, 0.25) is 0 Å². The maximum Gasteiger partial charge on any atom is 0.265 e. The molecule has 0 spiro atoms. The van der Waals surface area contributed by atoms with Crippen molar-refractivity contribution in [1.82, 2.24) is 9.97 Å². The molecule has 0 atom stereocenters. The molecule has 1 N–H and O–H groups in total. The monoisotopic (exact) mass is 358 g/mol. The third-order valence-corrected chi connectivity index (χ3v) is 4.34. The summed E-state index contributed by atoms with van der Waals surface area (Å²) < 4.78 is 18.8. The molecule has 0 aliphatic heterocycles. The number of hydrogen-bond donors (Lipinski definition) is 1. The molecule has 1 heterocycles. The van der Waals surface area contributed by atoms with Gasteiger partial charge in [0.1, 0.15) is 16.1 Å². The molecule has 0 amide bonds. The highest BCUT2D eigenvalue weighted by Crippen LogP contribution is 2.24. The summed E-state index contributed by atoms with van der Waals surface area (Å²) in [6.07, 6.45) is 0. The number of methoxy groups -OCH3 is 1. The molecular weight excluding hydrogens is 347 g/mol. The Morgan fingerprint density at radius 3 is 2.90 bits per heavy atom. The lowest BCUT2D eigenvalue weighted by Gasteiger charge is -2.06. The van der Waals surface area contributed by atoms with Crippen LogP contribution in [-0.2, 0) is 17.1 Å². The summed E-state index contributed by atoms with van der Waals surface area (Å²) in [4.78, 5) is 19.2. The summed E-state index contributed by atoms with van der Waals surface area (Å²) in [6, 6.07) is 6.48. The number of nitrogens with zero attached hydrogens (tertiary/aromatic N) is 1. The zero-order chi connectivity index (χ0) is 14.5. The zero-order valence-corrected chi connectivity index (χ0v) is 13.1. The molecular formula is C13H12BrFN2O2S. The van der Waals surface area contributed by atoms with Gasteiger partial charge in [0.25, 0.3) is 5.56 Å². The minimum Gasteiger partial charge on any atom is -0.378 e. The predicted molar refractivity (Wildman–Crippen MR) is 79.2 cm³/mol. The fraction of sp³-hybridized carbons (Fsp3) is 0.231. The molecule has 0 aliphatic rings. The fourth-order valence-electron chi connectivity index (χ4n) is 1.57. The number of halogens is 2. The molecule has 106 valence electrons. The van der Waals surface area contributed by atoms with Crippen molar-refractivity contribution < 1.29 is 9.13 Å². The molecule has 2 rings (SSSR count). The van der Waals surface area contributed by atoms with E-state index in [2.05, 4.69) is 25.9 Å². The number of benzene rings is 1. The van der Waals surface area contributed by atoms with Crippen LogP contribution in [0.1, 0.15) is 11.5 Å². The SMILES string of the molecule is COCc1nc(CSc2ccccc2F)[nH]c(=O)c1Br. The maximum absolute atomic E-state index is 13.5. The second-order valence-electron chi connectivity index (χ2n) is 3.93. The van der Waals surface area contributed by atoms with Crippen molar-refractivity contribution >= 4 is 27.7 Å². The van der Waals surface area contributed by atoms with E-state index in [0.717, 1.165) is 0 Å². The van der Waals surface area contributed by atoms with Gasteiger partial charge in [-0.05, 0) is 28.1 Å². The van der Waals surface area contributed by atoms with E-state index in [1.807, 2.05) is 0 Å². The first kappa shape index (κ1) is 15.2. The minimum absolute atomic E-state index is 0.238. The van der Waals surface area contributed by atoms with Gasteiger partial charge in [-0.25, -0.2) is 9.37 Å². The van der Waals surface area contributed by atoms with Crippen molar-refractivity contribution in [2.45, 2.75) is 17.3 Å². The standard InChI is InChI=1S/C13H12BrFN2O2S/c1-19-6-9-12(14)13(18)17-11(16-9)7-20-10-5-3-2-4-8(10)15/h2-5H,6-7H2,1H3,(H,16,17,18). The lowest BCUT2D eigenvalue weighted by Crippen LogP contribution is -2.15. The number of aromatic nitrogens is 2. The van der Waals surface area contributed by atoms with E-state index in [0.29, 0.717) is 26.6 Å². The van der Waals surface area contributed by atoms with Gasteiger partial charge in [-0.1, -0.05) is 12.1 Å². The van der Waals surface area contributed by atoms with E-state index >= 15 is 0 Å². The van der Waals surface area contributed by atoms with Crippen LogP contribution in [0, 0.1) is 5.82 Å². The van der Waals surface area contributed by atoms with E-state index in [1.165, 1.54) is 24.9 Å². The largest absolute Gasteiger partial charge is 0.378 e. The number of H-pyrrole nitrogens is 1. The van der Waals surface area contributed by atoms with Gasteiger partial charge < -0.3 is 9.72 Å². The van der Waals surface area contributed by atoms with Gasteiger partial charge in [-0.3, -0.25) is 4.79 Å². The Morgan fingerprint density at radius 1 is 1.45 bits per heavy atom. The van der Waals surface area contributed by atoms with Crippen LogP contribution in [-0.4, -0.2) is 17.1 Å². The molecule has 0 saturated heterocycles. The van der Waals surface area contributed by atoms with Crippen molar-refractivity contribution in [3.63, 3.8) is 0 Å². The number of hydrogen-bond acceptors (Lipinski definition) is 4. The molecule has 0 aliphatic carbocycles. The van der Waals surface area contributed by atoms with E-state index in [4.69, 9.17) is 4.74 Å². The van der Waals surface area contributed by atoms with Crippen molar-refractivity contribution in [3.8, 4) is 0 Å². The van der Waals surface area contributed by atoms with Crippen LogP contribution in [0.25, 0.3) is 0 Å².